The van der Waals surface area contributed by atoms with Gasteiger partial charge in [-0.3, -0.25) is 14.4 Å². The molecule has 0 bridgehead atoms. The Kier molecular flexibility index (Phi) is 12.4. The fourth-order valence-electron chi connectivity index (χ4n) is 10.6. The van der Waals surface area contributed by atoms with Crippen molar-refractivity contribution in [2.45, 2.75) is 123 Å². The summed E-state index contributed by atoms with van der Waals surface area (Å²) in [6.07, 6.45) is 12.2. The van der Waals surface area contributed by atoms with Crippen LogP contribution in [0.2, 0.25) is 0 Å². The van der Waals surface area contributed by atoms with E-state index in [-0.39, 0.29) is 40.9 Å². The predicted molar refractivity (Wildman–Crippen MR) is 176 cm³/mol. The van der Waals surface area contributed by atoms with Crippen LogP contribution in [0.5, 0.6) is 0 Å². The Morgan fingerprint density at radius 1 is 0.756 bits per heavy atom. The van der Waals surface area contributed by atoms with Gasteiger partial charge in [0.2, 0.25) is 0 Å². The first-order chi connectivity index (χ1) is 21.3. The molecule has 10 atom stereocenters. The van der Waals surface area contributed by atoms with E-state index in [2.05, 4.69) is 30.6 Å². The van der Waals surface area contributed by atoms with Gasteiger partial charge in [-0.1, -0.05) is 20.8 Å². The monoisotopic (exact) mass is 632 g/mol. The Bertz CT molecular complexity index is 1020. The molecule has 0 spiro atoms. The SMILES string of the molecule is COC(=O)CC[C@@H](C)[C@H]1CC[C@H]2[C@@H]3[C@@H](OC(=O)CCCN(C)C)C[C@@H]4C[C@H](OC(=O)CCCN(C)C)CC[C@]4(C)[C@H]3CC[C@]12C. The number of rotatable bonds is 14. The van der Waals surface area contributed by atoms with Crippen molar-refractivity contribution in [2.24, 2.45) is 46.3 Å². The molecule has 0 N–H and O–H groups in total. The predicted octanol–water partition coefficient (Wildman–Crippen LogP) is 6.35. The van der Waals surface area contributed by atoms with Gasteiger partial charge in [-0.05, 0) is 152 Å². The van der Waals surface area contributed by atoms with Crippen LogP contribution in [-0.2, 0) is 28.6 Å². The lowest BCUT2D eigenvalue weighted by molar-refractivity contribution is -0.198. The van der Waals surface area contributed by atoms with Crippen molar-refractivity contribution in [2.75, 3.05) is 48.4 Å². The standard InChI is InChI=1S/C37H64N2O6/c1-25(13-16-32(40)43-8)28-14-15-29-35-30(18-20-37(28,29)3)36(2)19-17-27(44-33(41)11-9-21-38(4)5)23-26(36)24-31(35)45-34(42)12-10-22-39(6)7/h25-31,35H,9-24H2,1-8H3/t25-,26+,27-,28-,29+,30+,31+,35+,36+,37-/m1/s1. The second-order valence-electron chi connectivity index (χ2n) is 16.3. The first-order valence-electron chi connectivity index (χ1n) is 18.0. The summed E-state index contributed by atoms with van der Waals surface area (Å²) in [5, 5.41) is 0. The quantitative estimate of drug-likeness (QED) is 0.162. The number of ether oxygens (including phenoxy) is 3. The summed E-state index contributed by atoms with van der Waals surface area (Å²) in [6.45, 7) is 9.11. The Morgan fingerprint density at radius 2 is 1.36 bits per heavy atom. The number of fused-ring (bicyclic) bond motifs is 5. The molecule has 8 heteroatoms. The lowest BCUT2D eigenvalue weighted by Gasteiger charge is -2.62. The molecule has 4 aliphatic carbocycles. The fourth-order valence-corrected chi connectivity index (χ4v) is 10.6. The largest absolute Gasteiger partial charge is 0.469 e. The number of methoxy groups -OCH3 is 1. The Labute approximate surface area is 273 Å². The van der Waals surface area contributed by atoms with Crippen molar-refractivity contribution in [3.05, 3.63) is 0 Å². The third-order valence-electron chi connectivity index (χ3n) is 13.0. The molecule has 4 rings (SSSR count). The maximum atomic E-state index is 13.3. The van der Waals surface area contributed by atoms with Gasteiger partial charge in [0.15, 0.2) is 0 Å². The summed E-state index contributed by atoms with van der Waals surface area (Å²) in [5.74, 6) is 2.55. The van der Waals surface area contributed by atoms with Gasteiger partial charge < -0.3 is 24.0 Å². The van der Waals surface area contributed by atoms with E-state index in [1.165, 1.54) is 26.4 Å². The smallest absolute Gasteiger partial charge is 0.306 e. The zero-order valence-corrected chi connectivity index (χ0v) is 29.8. The van der Waals surface area contributed by atoms with Crippen LogP contribution in [0.1, 0.15) is 111 Å². The minimum absolute atomic E-state index is 0.0386. The lowest BCUT2D eigenvalue weighted by Crippen LogP contribution is -2.59. The van der Waals surface area contributed by atoms with E-state index >= 15 is 0 Å². The Hall–Kier alpha value is -1.67. The van der Waals surface area contributed by atoms with Crippen LogP contribution in [0.25, 0.3) is 0 Å². The molecule has 0 radical (unpaired) electrons. The minimum Gasteiger partial charge on any atom is -0.469 e. The van der Waals surface area contributed by atoms with Crippen molar-refractivity contribution in [3.8, 4) is 0 Å². The molecule has 0 aromatic heterocycles. The van der Waals surface area contributed by atoms with Crippen LogP contribution in [0.4, 0.5) is 0 Å². The van der Waals surface area contributed by atoms with Crippen LogP contribution in [-0.4, -0.2) is 88.3 Å². The molecule has 0 aromatic rings. The molecule has 4 aliphatic rings. The van der Waals surface area contributed by atoms with Crippen molar-refractivity contribution in [1.29, 1.82) is 0 Å². The van der Waals surface area contributed by atoms with Gasteiger partial charge in [-0.25, -0.2) is 0 Å². The third-order valence-corrected chi connectivity index (χ3v) is 13.0. The highest BCUT2D eigenvalue weighted by molar-refractivity contribution is 5.70. The maximum absolute atomic E-state index is 13.3. The topological polar surface area (TPSA) is 85.4 Å². The normalized spacial score (nSPS) is 36.5. The van der Waals surface area contributed by atoms with E-state index in [0.717, 1.165) is 64.5 Å². The van der Waals surface area contributed by atoms with Crippen molar-refractivity contribution in [3.63, 3.8) is 0 Å². The fraction of sp³-hybridized carbons (Fsp3) is 0.919. The second kappa shape index (κ2) is 15.5. The van der Waals surface area contributed by atoms with E-state index in [9.17, 15) is 14.4 Å². The molecule has 45 heavy (non-hydrogen) atoms. The van der Waals surface area contributed by atoms with Gasteiger partial charge in [-0.15, -0.1) is 0 Å². The molecule has 4 fully saturated rings. The number of carbonyl (C=O) groups is 3. The molecule has 4 saturated carbocycles. The van der Waals surface area contributed by atoms with Crippen LogP contribution >= 0.6 is 0 Å². The number of hydrogen-bond donors (Lipinski definition) is 0. The summed E-state index contributed by atoms with van der Waals surface area (Å²) in [6, 6.07) is 0. The molecule has 0 heterocycles. The number of esters is 3. The summed E-state index contributed by atoms with van der Waals surface area (Å²) in [5.41, 5.74) is 0.358. The van der Waals surface area contributed by atoms with E-state index in [1.54, 1.807) is 0 Å². The van der Waals surface area contributed by atoms with Crippen molar-refractivity contribution < 1.29 is 28.6 Å². The molecule has 0 amide bonds. The van der Waals surface area contributed by atoms with E-state index in [4.69, 9.17) is 14.2 Å². The van der Waals surface area contributed by atoms with Gasteiger partial charge in [0.25, 0.3) is 0 Å². The molecule has 0 aliphatic heterocycles. The summed E-state index contributed by atoms with van der Waals surface area (Å²) in [4.78, 5) is 42.2. The molecule has 0 unspecified atom stereocenters. The van der Waals surface area contributed by atoms with Gasteiger partial charge in [0, 0.05) is 25.2 Å². The lowest BCUT2D eigenvalue weighted by atomic mass is 9.43. The van der Waals surface area contributed by atoms with Crippen LogP contribution < -0.4 is 0 Å². The minimum atomic E-state index is -0.118. The summed E-state index contributed by atoms with van der Waals surface area (Å²) in [7, 11) is 9.61. The molecular formula is C37H64N2O6. The zero-order valence-electron chi connectivity index (χ0n) is 29.8. The molecular weight excluding hydrogens is 568 g/mol. The van der Waals surface area contributed by atoms with Crippen molar-refractivity contribution in [1.82, 2.24) is 9.80 Å². The average molecular weight is 633 g/mol. The summed E-state index contributed by atoms with van der Waals surface area (Å²) < 4.78 is 17.6. The van der Waals surface area contributed by atoms with Gasteiger partial charge in [0.05, 0.1) is 7.11 Å². The average Bonchev–Trinajstić information content (AvgIpc) is 3.33. The van der Waals surface area contributed by atoms with Crippen molar-refractivity contribution >= 4 is 17.9 Å². The highest BCUT2D eigenvalue weighted by Gasteiger charge is 2.64. The van der Waals surface area contributed by atoms with Crippen LogP contribution in [0.15, 0.2) is 0 Å². The van der Waals surface area contributed by atoms with E-state index in [0.29, 0.717) is 54.8 Å². The first kappa shape index (κ1) is 36.2. The molecule has 8 nitrogen and oxygen atoms in total. The third kappa shape index (κ3) is 8.44. The van der Waals surface area contributed by atoms with Crippen LogP contribution in [0, 0.1) is 46.3 Å². The molecule has 0 saturated heterocycles. The van der Waals surface area contributed by atoms with E-state index in [1.807, 2.05) is 28.2 Å². The number of carbonyl (C=O) groups excluding carboxylic acids is 3. The molecule has 0 aromatic carbocycles. The second-order valence-corrected chi connectivity index (χ2v) is 16.3. The molecule has 258 valence electrons. The van der Waals surface area contributed by atoms with Crippen LogP contribution in [0.3, 0.4) is 0 Å². The highest BCUT2D eigenvalue weighted by atomic mass is 16.5. The Morgan fingerprint density at radius 3 is 1.98 bits per heavy atom. The maximum Gasteiger partial charge on any atom is 0.306 e. The first-order valence-corrected chi connectivity index (χ1v) is 18.0. The van der Waals surface area contributed by atoms with Gasteiger partial charge in [0.1, 0.15) is 12.2 Å². The number of nitrogens with zero attached hydrogens (tertiary/aromatic N) is 2. The van der Waals surface area contributed by atoms with E-state index < -0.39 is 0 Å². The zero-order chi connectivity index (χ0) is 32.9. The highest BCUT2D eigenvalue weighted by Crippen LogP contribution is 2.69. The summed E-state index contributed by atoms with van der Waals surface area (Å²) >= 11 is 0. The Balaban J connectivity index is 1.51. The van der Waals surface area contributed by atoms with Gasteiger partial charge in [-0.2, -0.15) is 0 Å². The number of hydrogen-bond acceptors (Lipinski definition) is 8. The van der Waals surface area contributed by atoms with Gasteiger partial charge >= 0.3 is 17.9 Å².